The van der Waals surface area contributed by atoms with Gasteiger partial charge in [0.25, 0.3) is 0 Å². The van der Waals surface area contributed by atoms with Gasteiger partial charge in [0.1, 0.15) is 0 Å². The van der Waals surface area contributed by atoms with Crippen LogP contribution in [0.15, 0.2) is 24.3 Å². The van der Waals surface area contributed by atoms with Crippen LogP contribution in [0.25, 0.3) is 0 Å². The van der Waals surface area contributed by atoms with E-state index in [2.05, 4.69) is 43.4 Å². The third-order valence-electron chi connectivity index (χ3n) is 3.49. The van der Waals surface area contributed by atoms with Crippen LogP contribution in [0.2, 0.25) is 0 Å². The Kier molecular flexibility index (Phi) is 3.20. The van der Waals surface area contributed by atoms with Crippen LogP contribution in [0.4, 0.5) is 5.69 Å². The highest BCUT2D eigenvalue weighted by atomic mass is 16.5. The van der Waals surface area contributed by atoms with Gasteiger partial charge >= 0.3 is 0 Å². The molecule has 2 nitrogen and oxygen atoms in total. The highest BCUT2D eigenvalue weighted by Crippen LogP contribution is 2.28. The highest BCUT2D eigenvalue weighted by Gasteiger charge is 2.23. The molecular formula is C14H21NO. The Labute approximate surface area is 98.0 Å². The fraction of sp³-hybridized carbons (Fsp3) is 0.571. The summed E-state index contributed by atoms with van der Waals surface area (Å²) in [5.41, 5.74) is 2.75. The van der Waals surface area contributed by atoms with Crippen LogP contribution in [0.5, 0.6) is 0 Å². The van der Waals surface area contributed by atoms with E-state index in [0.717, 1.165) is 19.3 Å². The molecule has 1 aliphatic rings. The van der Waals surface area contributed by atoms with Gasteiger partial charge in [-0.05, 0) is 44.7 Å². The maximum Gasteiger partial charge on any atom is 0.0623 e. The van der Waals surface area contributed by atoms with Crippen LogP contribution < -0.4 is 5.32 Å². The number of hydrogen-bond acceptors (Lipinski definition) is 2. The Morgan fingerprint density at radius 3 is 2.81 bits per heavy atom. The molecule has 1 aromatic carbocycles. The molecule has 88 valence electrons. The summed E-state index contributed by atoms with van der Waals surface area (Å²) in [6.07, 6.45) is 3.40. The van der Waals surface area contributed by atoms with Gasteiger partial charge in [0.2, 0.25) is 0 Å². The molecule has 1 N–H and O–H groups in total. The Hall–Kier alpha value is -1.02. The molecule has 0 bridgehead atoms. The molecule has 1 aromatic rings. The van der Waals surface area contributed by atoms with E-state index in [1.807, 2.05) is 0 Å². The second-order valence-electron chi connectivity index (χ2n) is 5.21. The van der Waals surface area contributed by atoms with Gasteiger partial charge in [-0.1, -0.05) is 18.2 Å². The number of methoxy groups -OCH3 is 1. The minimum Gasteiger partial charge on any atom is -0.382 e. The number of para-hydroxylation sites is 1. The molecule has 0 fully saturated rings. The summed E-state index contributed by atoms with van der Waals surface area (Å²) in [4.78, 5) is 0. The Morgan fingerprint density at radius 1 is 1.38 bits per heavy atom. The van der Waals surface area contributed by atoms with Crippen LogP contribution >= 0.6 is 0 Å². The molecule has 0 saturated carbocycles. The van der Waals surface area contributed by atoms with Crippen LogP contribution in [0.1, 0.15) is 32.3 Å². The van der Waals surface area contributed by atoms with Gasteiger partial charge in [-0.3, -0.25) is 0 Å². The minimum atomic E-state index is -0.00352. The van der Waals surface area contributed by atoms with Crippen LogP contribution in [0, 0.1) is 0 Å². The average molecular weight is 219 g/mol. The molecule has 0 saturated heterocycles. The molecule has 0 aromatic heterocycles. The lowest BCUT2D eigenvalue weighted by Crippen LogP contribution is -2.26. The first-order valence-corrected chi connectivity index (χ1v) is 6.00. The standard InChI is InChI=1S/C14H21NO/c1-14(2,16-3)9-8-12-10-11-6-4-5-7-13(11)15-12/h4-7,12,15H,8-10H2,1-3H3. The van der Waals surface area contributed by atoms with Crippen molar-refractivity contribution in [2.24, 2.45) is 0 Å². The van der Waals surface area contributed by atoms with E-state index in [1.165, 1.54) is 11.3 Å². The molecule has 1 aliphatic heterocycles. The van der Waals surface area contributed by atoms with E-state index in [0.29, 0.717) is 6.04 Å². The molecule has 2 rings (SSSR count). The van der Waals surface area contributed by atoms with E-state index in [-0.39, 0.29) is 5.60 Å². The zero-order valence-electron chi connectivity index (χ0n) is 10.4. The SMILES string of the molecule is COC(C)(C)CCC1Cc2ccccc2N1. The number of ether oxygens (including phenoxy) is 1. The first-order valence-electron chi connectivity index (χ1n) is 6.00. The smallest absolute Gasteiger partial charge is 0.0623 e. The third-order valence-corrected chi connectivity index (χ3v) is 3.49. The second kappa shape index (κ2) is 4.46. The van der Waals surface area contributed by atoms with E-state index in [4.69, 9.17) is 4.74 Å². The fourth-order valence-electron chi connectivity index (χ4n) is 2.17. The lowest BCUT2D eigenvalue weighted by Gasteiger charge is -2.24. The maximum atomic E-state index is 5.45. The third kappa shape index (κ3) is 2.56. The maximum absolute atomic E-state index is 5.45. The number of rotatable bonds is 4. The Balaban J connectivity index is 1.88. The van der Waals surface area contributed by atoms with Gasteiger partial charge in [0, 0.05) is 18.8 Å². The van der Waals surface area contributed by atoms with Crippen molar-refractivity contribution in [3.63, 3.8) is 0 Å². The number of anilines is 1. The van der Waals surface area contributed by atoms with Crippen LogP contribution in [0.3, 0.4) is 0 Å². The van der Waals surface area contributed by atoms with Crippen molar-refractivity contribution in [2.75, 3.05) is 12.4 Å². The average Bonchev–Trinajstić information content (AvgIpc) is 2.69. The molecule has 1 unspecified atom stereocenters. The van der Waals surface area contributed by atoms with E-state index >= 15 is 0 Å². The van der Waals surface area contributed by atoms with Crippen LogP contribution in [-0.4, -0.2) is 18.8 Å². The van der Waals surface area contributed by atoms with Gasteiger partial charge in [-0.2, -0.15) is 0 Å². The normalized spacial score (nSPS) is 19.3. The number of benzene rings is 1. The van der Waals surface area contributed by atoms with Crippen molar-refractivity contribution < 1.29 is 4.74 Å². The number of hydrogen-bond donors (Lipinski definition) is 1. The number of nitrogens with one attached hydrogen (secondary N) is 1. The van der Waals surface area contributed by atoms with Gasteiger partial charge in [0.05, 0.1) is 5.60 Å². The molecule has 0 spiro atoms. The van der Waals surface area contributed by atoms with Crippen molar-refractivity contribution in [1.82, 2.24) is 0 Å². The monoisotopic (exact) mass is 219 g/mol. The summed E-state index contributed by atoms with van der Waals surface area (Å²) < 4.78 is 5.45. The zero-order chi connectivity index (χ0) is 11.6. The summed E-state index contributed by atoms with van der Waals surface area (Å²) in [5.74, 6) is 0. The Bertz CT molecular complexity index is 335. The summed E-state index contributed by atoms with van der Waals surface area (Å²) in [6, 6.07) is 9.16. The topological polar surface area (TPSA) is 21.3 Å². The van der Waals surface area contributed by atoms with E-state index in [1.54, 1.807) is 7.11 Å². The van der Waals surface area contributed by atoms with E-state index in [9.17, 15) is 0 Å². The first kappa shape index (κ1) is 11.5. The van der Waals surface area contributed by atoms with Crippen molar-refractivity contribution in [3.05, 3.63) is 29.8 Å². The predicted octanol–water partition coefficient (Wildman–Crippen LogP) is 3.23. The molecule has 1 heterocycles. The first-order chi connectivity index (χ1) is 7.61. The van der Waals surface area contributed by atoms with Crippen LogP contribution in [-0.2, 0) is 11.2 Å². The van der Waals surface area contributed by atoms with Gasteiger partial charge in [-0.15, -0.1) is 0 Å². The Morgan fingerprint density at radius 2 is 2.12 bits per heavy atom. The second-order valence-corrected chi connectivity index (χ2v) is 5.21. The van der Waals surface area contributed by atoms with Crippen molar-refractivity contribution in [3.8, 4) is 0 Å². The van der Waals surface area contributed by atoms with E-state index < -0.39 is 0 Å². The predicted molar refractivity (Wildman–Crippen MR) is 67.9 cm³/mol. The molecule has 0 radical (unpaired) electrons. The summed E-state index contributed by atoms with van der Waals surface area (Å²) in [7, 11) is 1.79. The molecule has 16 heavy (non-hydrogen) atoms. The van der Waals surface area contributed by atoms with Gasteiger partial charge in [-0.25, -0.2) is 0 Å². The molecule has 0 aliphatic carbocycles. The lowest BCUT2D eigenvalue weighted by molar-refractivity contribution is 0.0130. The summed E-state index contributed by atoms with van der Waals surface area (Å²) in [5, 5.41) is 3.58. The summed E-state index contributed by atoms with van der Waals surface area (Å²) >= 11 is 0. The molecular weight excluding hydrogens is 198 g/mol. The fourth-order valence-corrected chi connectivity index (χ4v) is 2.17. The molecule has 1 atom stereocenters. The molecule has 0 amide bonds. The van der Waals surface area contributed by atoms with Gasteiger partial charge < -0.3 is 10.1 Å². The largest absolute Gasteiger partial charge is 0.382 e. The molecule has 2 heteroatoms. The zero-order valence-corrected chi connectivity index (χ0v) is 10.4. The minimum absolute atomic E-state index is 0.00352. The van der Waals surface area contributed by atoms with Gasteiger partial charge in [0.15, 0.2) is 0 Å². The van der Waals surface area contributed by atoms with Crippen molar-refractivity contribution >= 4 is 5.69 Å². The summed E-state index contributed by atoms with van der Waals surface area (Å²) in [6.45, 7) is 4.30. The highest BCUT2D eigenvalue weighted by molar-refractivity contribution is 5.56. The number of fused-ring (bicyclic) bond motifs is 1. The quantitative estimate of drug-likeness (QED) is 0.839. The van der Waals surface area contributed by atoms with Crippen molar-refractivity contribution in [1.29, 1.82) is 0 Å². The lowest BCUT2D eigenvalue weighted by atomic mass is 9.97. The van der Waals surface area contributed by atoms with Crippen molar-refractivity contribution in [2.45, 2.75) is 44.8 Å².